The number of halogens is 1. The Hall–Kier alpha value is -3.20. The number of nitrogens with zero attached hydrogens (tertiary/aromatic N) is 4. The number of nitrogens with one attached hydrogen (secondary N) is 1. The first-order valence-corrected chi connectivity index (χ1v) is 9.24. The van der Waals surface area contributed by atoms with E-state index in [1.807, 2.05) is 0 Å². The molecule has 4 rings (SSSR count). The van der Waals surface area contributed by atoms with E-state index in [1.54, 1.807) is 4.72 Å². The molecule has 0 unspecified atom stereocenters. The number of phenolic OH excluding ortho intramolecular Hbond substituents is 1. The van der Waals surface area contributed by atoms with Crippen LogP contribution in [-0.2, 0) is 15.0 Å². The van der Waals surface area contributed by atoms with Crippen molar-refractivity contribution in [2.75, 3.05) is 17.5 Å². The van der Waals surface area contributed by atoms with Crippen LogP contribution >= 0.6 is 0 Å². The van der Waals surface area contributed by atoms with Crippen LogP contribution in [0.15, 0.2) is 12.3 Å². The van der Waals surface area contributed by atoms with Gasteiger partial charge < -0.3 is 9.84 Å². The van der Waals surface area contributed by atoms with E-state index in [4.69, 9.17) is 10.00 Å². The van der Waals surface area contributed by atoms with Crippen molar-refractivity contribution in [1.82, 2.24) is 14.7 Å². The van der Waals surface area contributed by atoms with Gasteiger partial charge in [0.1, 0.15) is 30.1 Å². The number of hydrogen-bond acceptors (Lipinski definition) is 8. The Labute approximate surface area is 152 Å². The minimum atomic E-state index is -4.31. The molecule has 27 heavy (non-hydrogen) atoms. The summed E-state index contributed by atoms with van der Waals surface area (Å²) in [7, 11) is -4.31. The molecule has 2 aromatic rings. The van der Waals surface area contributed by atoms with Crippen molar-refractivity contribution in [3.63, 3.8) is 0 Å². The molecule has 2 fully saturated rings. The SMILES string of the molecule is N#CC1(COc2ncc3cc(O)c(N4CC(=O)NS4(=O)=O)c(F)c3n2)CC1. The van der Waals surface area contributed by atoms with E-state index in [0.29, 0.717) is 17.1 Å². The Bertz CT molecular complexity index is 1130. The van der Waals surface area contributed by atoms with Crippen molar-refractivity contribution in [3.05, 3.63) is 18.1 Å². The number of benzene rings is 1. The molecule has 0 atom stereocenters. The summed E-state index contributed by atoms with van der Waals surface area (Å²) in [6.07, 6.45) is 2.59. The smallest absolute Gasteiger partial charge is 0.326 e. The zero-order valence-corrected chi connectivity index (χ0v) is 14.5. The predicted molar refractivity (Wildman–Crippen MR) is 88.3 cm³/mol. The number of fused-ring (bicyclic) bond motifs is 1. The van der Waals surface area contributed by atoms with Crippen LogP contribution in [-0.4, -0.2) is 42.6 Å². The van der Waals surface area contributed by atoms with Crippen LogP contribution in [0, 0.1) is 22.6 Å². The minimum Gasteiger partial charge on any atom is -0.506 e. The van der Waals surface area contributed by atoms with Crippen molar-refractivity contribution in [2.24, 2.45) is 5.41 Å². The summed E-state index contributed by atoms with van der Waals surface area (Å²) in [5.74, 6) is -2.68. The van der Waals surface area contributed by atoms with E-state index < -0.39 is 45.3 Å². The third kappa shape index (κ3) is 2.85. The lowest BCUT2D eigenvalue weighted by molar-refractivity contribution is -0.117. The molecule has 140 valence electrons. The number of ether oxygens (including phenoxy) is 1. The van der Waals surface area contributed by atoms with Crippen molar-refractivity contribution < 1.29 is 27.4 Å². The monoisotopic (exact) mass is 393 g/mol. The van der Waals surface area contributed by atoms with Crippen LogP contribution in [0.1, 0.15) is 12.8 Å². The molecule has 1 aromatic heterocycles. The van der Waals surface area contributed by atoms with Crippen molar-refractivity contribution in [2.45, 2.75) is 12.8 Å². The maximum atomic E-state index is 15.0. The van der Waals surface area contributed by atoms with Gasteiger partial charge in [-0.1, -0.05) is 0 Å². The molecule has 2 aliphatic rings. The number of aromatic nitrogens is 2. The molecule has 1 amide bonds. The Morgan fingerprint density at radius 1 is 1.48 bits per heavy atom. The highest BCUT2D eigenvalue weighted by Crippen LogP contribution is 2.45. The molecule has 0 spiro atoms. The normalized spacial score (nSPS) is 19.6. The summed E-state index contributed by atoms with van der Waals surface area (Å²) in [6, 6.07) is 3.05. The van der Waals surface area contributed by atoms with Gasteiger partial charge in [0, 0.05) is 11.6 Å². The Kier molecular flexibility index (Phi) is 3.60. The molecule has 0 bridgehead atoms. The maximum Gasteiger partial charge on any atom is 0.326 e. The number of hydrogen-bond donors (Lipinski definition) is 2. The van der Waals surface area contributed by atoms with Gasteiger partial charge in [-0.25, -0.2) is 18.4 Å². The van der Waals surface area contributed by atoms with Gasteiger partial charge in [0.05, 0.1) is 11.5 Å². The van der Waals surface area contributed by atoms with Gasteiger partial charge in [-0.15, -0.1) is 0 Å². The fourth-order valence-electron chi connectivity index (χ4n) is 2.69. The van der Waals surface area contributed by atoms with E-state index in [-0.39, 0.29) is 23.5 Å². The highest BCUT2D eigenvalue weighted by atomic mass is 32.2. The second-order valence-electron chi connectivity index (χ2n) is 6.37. The zero-order valence-electron chi connectivity index (χ0n) is 13.6. The maximum absolute atomic E-state index is 15.0. The van der Waals surface area contributed by atoms with Crippen molar-refractivity contribution in [3.8, 4) is 17.8 Å². The van der Waals surface area contributed by atoms with Crippen LogP contribution in [0.25, 0.3) is 10.9 Å². The number of amides is 1. The average Bonchev–Trinajstić information content (AvgIpc) is 3.34. The van der Waals surface area contributed by atoms with Crippen LogP contribution in [0.2, 0.25) is 0 Å². The molecule has 10 nitrogen and oxygen atoms in total. The van der Waals surface area contributed by atoms with Gasteiger partial charge in [0.15, 0.2) is 5.82 Å². The number of nitriles is 1. The van der Waals surface area contributed by atoms with Crippen LogP contribution in [0.4, 0.5) is 10.1 Å². The standard InChI is InChI=1S/C15H12FN5O5S/c16-11-12-8(4-18-14(19-12)26-7-15(6-17)1-2-15)3-9(22)13(11)21-5-10(23)20-27(21,24)25/h3-4,22H,1-2,5,7H2,(H,20,23). The van der Waals surface area contributed by atoms with Crippen molar-refractivity contribution in [1.29, 1.82) is 5.26 Å². The lowest BCUT2D eigenvalue weighted by Gasteiger charge is -2.18. The Morgan fingerprint density at radius 3 is 2.81 bits per heavy atom. The molecule has 2 N–H and O–H groups in total. The van der Waals surface area contributed by atoms with Gasteiger partial charge in [0.25, 0.3) is 5.91 Å². The first-order valence-electron chi connectivity index (χ1n) is 7.80. The van der Waals surface area contributed by atoms with E-state index in [1.165, 1.54) is 6.20 Å². The number of carbonyl (C=O) groups is 1. The van der Waals surface area contributed by atoms with Gasteiger partial charge >= 0.3 is 16.2 Å². The first-order chi connectivity index (χ1) is 12.7. The topological polar surface area (TPSA) is 146 Å². The number of rotatable bonds is 4. The Morgan fingerprint density at radius 2 is 2.22 bits per heavy atom. The van der Waals surface area contributed by atoms with Crippen LogP contribution < -0.4 is 13.8 Å². The molecule has 12 heteroatoms. The first kappa shape index (κ1) is 17.2. The second kappa shape index (κ2) is 5.65. The molecule has 2 heterocycles. The number of anilines is 1. The minimum absolute atomic E-state index is 0.0560. The fraction of sp³-hybridized carbons (Fsp3) is 0.333. The molecular weight excluding hydrogens is 381 g/mol. The summed E-state index contributed by atoms with van der Waals surface area (Å²) in [5.41, 5.74) is -1.56. The summed E-state index contributed by atoms with van der Waals surface area (Å²) in [5, 5.41) is 19.2. The number of carbonyl (C=O) groups excluding carboxylic acids is 1. The van der Waals surface area contributed by atoms with Gasteiger partial charge in [0.2, 0.25) is 0 Å². The third-order valence-corrected chi connectivity index (χ3v) is 5.76. The molecular formula is C15H12FN5O5S. The number of phenols is 1. The summed E-state index contributed by atoms with van der Waals surface area (Å²) < 4.78 is 46.4. The van der Waals surface area contributed by atoms with E-state index >= 15 is 0 Å². The van der Waals surface area contributed by atoms with E-state index in [9.17, 15) is 22.7 Å². The summed E-state index contributed by atoms with van der Waals surface area (Å²) >= 11 is 0. The number of aromatic hydroxyl groups is 1. The Balaban J connectivity index is 1.75. The van der Waals surface area contributed by atoms with Gasteiger partial charge in [-0.05, 0) is 18.9 Å². The van der Waals surface area contributed by atoms with Crippen molar-refractivity contribution >= 4 is 32.7 Å². The lowest BCUT2D eigenvalue weighted by atomic mass is 10.1. The highest BCUT2D eigenvalue weighted by Gasteiger charge is 2.44. The molecule has 1 saturated heterocycles. The van der Waals surface area contributed by atoms with Crippen LogP contribution in [0.5, 0.6) is 11.8 Å². The van der Waals surface area contributed by atoms with Gasteiger partial charge in [-0.2, -0.15) is 18.7 Å². The fourth-order valence-corrected chi connectivity index (χ4v) is 3.86. The molecule has 1 aliphatic heterocycles. The molecule has 1 aromatic carbocycles. The van der Waals surface area contributed by atoms with Crippen LogP contribution in [0.3, 0.4) is 0 Å². The third-order valence-electron chi connectivity index (χ3n) is 4.38. The van der Waals surface area contributed by atoms with Gasteiger partial charge in [-0.3, -0.25) is 4.79 Å². The van der Waals surface area contributed by atoms with E-state index in [2.05, 4.69) is 16.0 Å². The molecule has 1 saturated carbocycles. The predicted octanol–water partition coefficient (Wildman–Crippen LogP) is 0.338. The largest absolute Gasteiger partial charge is 0.506 e. The quantitative estimate of drug-likeness (QED) is 0.756. The summed E-state index contributed by atoms with van der Waals surface area (Å²) in [6.45, 7) is -0.613. The summed E-state index contributed by atoms with van der Waals surface area (Å²) in [4.78, 5) is 19.2. The lowest BCUT2D eigenvalue weighted by Crippen LogP contribution is -2.30. The van der Waals surface area contributed by atoms with E-state index in [0.717, 1.165) is 6.07 Å². The molecule has 0 radical (unpaired) electrons. The second-order valence-corrected chi connectivity index (χ2v) is 7.96. The zero-order chi connectivity index (χ0) is 19.4. The average molecular weight is 393 g/mol. The highest BCUT2D eigenvalue weighted by molar-refractivity contribution is 7.92. The molecule has 1 aliphatic carbocycles.